The standard InChI is InChI=1S/C23H17ClN6O2/c1-13-12-26-22(28-15-2-4-17(18(24)10-15)14-6-8-25-9-7-14)30-21(13)27-16-3-5-20-19(11-16)29-23(31)32-20/h2-12H,1H3,(H,29,31)(H2,26,27,28,30). The van der Waals surface area contributed by atoms with Crippen LogP contribution in [0.3, 0.4) is 0 Å². The van der Waals surface area contributed by atoms with E-state index in [1.807, 2.05) is 43.3 Å². The van der Waals surface area contributed by atoms with Crippen LogP contribution in [0.25, 0.3) is 22.2 Å². The summed E-state index contributed by atoms with van der Waals surface area (Å²) in [5.74, 6) is 0.561. The van der Waals surface area contributed by atoms with Crippen molar-refractivity contribution in [3.63, 3.8) is 0 Å². The van der Waals surface area contributed by atoms with E-state index >= 15 is 0 Å². The Labute approximate surface area is 187 Å². The van der Waals surface area contributed by atoms with Crippen LogP contribution in [-0.4, -0.2) is 19.9 Å². The molecule has 3 heterocycles. The summed E-state index contributed by atoms with van der Waals surface area (Å²) in [6.07, 6.45) is 5.19. The first kappa shape index (κ1) is 19.8. The number of anilines is 4. The highest BCUT2D eigenvalue weighted by Crippen LogP contribution is 2.31. The van der Waals surface area contributed by atoms with Crippen LogP contribution < -0.4 is 16.4 Å². The van der Waals surface area contributed by atoms with Crippen LogP contribution in [0.5, 0.6) is 0 Å². The van der Waals surface area contributed by atoms with Gasteiger partial charge in [-0.1, -0.05) is 17.7 Å². The molecule has 32 heavy (non-hydrogen) atoms. The number of hydrogen-bond donors (Lipinski definition) is 3. The maximum absolute atomic E-state index is 11.4. The molecule has 0 aliphatic rings. The monoisotopic (exact) mass is 444 g/mol. The molecule has 0 fully saturated rings. The van der Waals surface area contributed by atoms with Gasteiger partial charge in [-0.05, 0) is 55.0 Å². The Balaban J connectivity index is 1.38. The number of fused-ring (bicyclic) bond motifs is 1. The summed E-state index contributed by atoms with van der Waals surface area (Å²) in [6, 6.07) is 14.8. The maximum atomic E-state index is 11.4. The molecule has 0 saturated carbocycles. The minimum Gasteiger partial charge on any atom is -0.408 e. The summed E-state index contributed by atoms with van der Waals surface area (Å²) in [5, 5.41) is 7.05. The molecule has 0 bridgehead atoms. The van der Waals surface area contributed by atoms with E-state index in [9.17, 15) is 4.79 Å². The van der Waals surface area contributed by atoms with Crippen molar-refractivity contribution in [3.05, 3.63) is 88.3 Å². The second kappa shape index (κ2) is 8.16. The number of rotatable bonds is 5. The van der Waals surface area contributed by atoms with E-state index in [1.54, 1.807) is 30.7 Å². The van der Waals surface area contributed by atoms with Gasteiger partial charge in [-0.15, -0.1) is 0 Å². The number of hydrogen-bond acceptors (Lipinski definition) is 7. The van der Waals surface area contributed by atoms with Gasteiger partial charge in [0.25, 0.3) is 0 Å². The molecule has 0 spiro atoms. The number of pyridine rings is 1. The van der Waals surface area contributed by atoms with Gasteiger partial charge >= 0.3 is 5.76 Å². The highest BCUT2D eigenvalue weighted by Gasteiger charge is 2.09. The third kappa shape index (κ3) is 4.03. The van der Waals surface area contributed by atoms with Gasteiger partial charge in [-0.2, -0.15) is 4.98 Å². The normalized spacial score (nSPS) is 10.9. The molecule has 8 nitrogen and oxygen atoms in total. The van der Waals surface area contributed by atoms with Gasteiger partial charge < -0.3 is 15.1 Å². The van der Waals surface area contributed by atoms with E-state index in [4.69, 9.17) is 16.0 Å². The van der Waals surface area contributed by atoms with E-state index in [-0.39, 0.29) is 0 Å². The number of nitrogens with one attached hydrogen (secondary N) is 3. The van der Waals surface area contributed by atoms with E-state index in [1.165, 1.54) is 0 Å². The Hall–Kier alpha value is -4.17. The summed E-state index contributed by atoms with van der Waals surface area (Å²) in [5.41, 5.74) is 5.39. The fourth-order valence-corrected chi connectivity index (χ4v) is 3.57. The molecule has 158 valence electrons. The third-order valence-corrected chi connectivity index (χ3v) is 5.18. The number of aromatic nitrogens is 4. The van der Waals surface area contributed by atoms with E-state index in [2.05, 4.69) is 30.6 Å². The number of H-pyrrole nitrogens is 1. The van der Waals surface area contributed by atoms with Crippen LogP contribution in [0.1, 0.15) is 5.56 Å². The van der Waals surface area contributed by atoms with Gasteiger partial charge in [-0.3, -0.25) is 9.97 Å². The molecule has 5 aromatic rings. The smallest absolute Gasteiger partial charge is 0.408 e. The predicted molar refractivity (Wildman–Crippen MR) is 125 cm³/mol. The zero-order valence-corrected chi connectivity index (χ0v) is 17.6. The Morgan fingerprint density at radius 2 is 1.78 bits per heavy atom. The average molecular weight is 445 g/mol. The minimum atomic E-state index is -0.490. The fourth-order valence-electron chi connectivity index (χ4n) is 3.28. The summed E-state index contributed by atoms with van der Waals surface area (Å²) in [7, 11) is 0. The van der Waals surface area contributed by atoms with E-state index in [0.29, 0.717) is 27.9 Å². The molecule has 0 saturated heterocycles. The number of halogens is 1. The first-order valence-electron chi connectivity index (χ1n) is 9.76. The summed E-state index contributed by atoms with van der Waals surface area (Å²) in [4.78, 5) is 27.0. The molecular weight excluding hydrogens is 428 g/mol. The lowest BCUT2D eigenvalue weighted by Crippen LogP contribution is -2.03. The lowest BCUT2D eigenvalue weighted by atomic mass is 10.1. The largest absolute Gasteiger partial charge is 0.417 e. The second-order valence-electron chi connectivity index (χ2n) is 7.13. The van der Waals surface area contributed by atoms with Gasteiger partial charge in [-0.25, -0.2) is 9.78 Å². The first-order chi connectivity index (χ1) is 15.5. The Morgan fingerprint density at radius 3 is 2.59 bits per heavy atom. The SMILES string of the molecule is Cc1cnc(Nc2ccc(-c3ccncc3)c(Cl)c2)nc1Nc1ccc2oc(=O)[nH]c2c1. The van der Waals surface area contributed by atoms with Gasteiger partial charge in [0.05, 0.1) is 10.5 Å². The van der Waals surface area contributed by atoms with Crippen LogP contribution in [0.15, 0.2) is 76.3 Å². The molecule has 3 N–H and O–H groups in total. The van der Waals surface area contributed by atoms with Gasteiger partial charge in [0.15, 0.2) is 5.58 Å². The Morgan fingerprint density at radius 1 is 1.00 bits per heavy atom. The second-order valence-corrected chi connectivity index (χ2v) is 7.54. The van der Waals surface area contributed by atoms with Crippen molar-refractivity contribution in [3.8, 4) is 11.1 Å². The molecule has 0 unspecified atom stereocenters. The van der Waals surface area contributed by atoms with Crippen molar-refractivity contribution in [1.82, 2.24) is 19.9 Å². The topological polar surface area (TPSA) is 109 Å². The van der Waals surface area contributed by atoms with Crippen molar-refractivity contribution < 1.29 is 4.42 Å². The van der Waals surface area contributed by atoms with Crippen molar-refractivity contribution >= 4 is 45.8 Å². The summed E-state index contributed by atoms with van der Waals surface area (Å²) < 4.78 is 5.04. The molecule has 5 rings (SSSR count). The van der Waals surface area contributed by atoms with Crippen molar-refractivity contribution in [1.29, 1.82) is 0 Å². The molecule has 2 aromatic carbocycles. The number of oxazole rings is 1. The Bertz CT molecular complexity index is 1480. The quantitative estimate of drug-likeness (QED) is 0.332. The van der Waals surface area contributed by atoms with Crippen LogP contribution in [0, 0.1) is 6.92 Å². The van der Waals surface area contributed by atoms with E-state index in [0.717, 1.165) is 28.1 Å². The van der Waals surface area contributed by atoms with Crippen molar-refractivity contribution in [2.45, 2.75) is 6.92 Å². The molecule has 0 radical (unpaired) electrons. The van der Waals surface area contributed by atoms with Crippen molar-refractivity contribution in [2.75, 3.05) is 10.6 Å². The maximum Gasteiger partial charge on any atom is 0.417 e. The molecule has 0 atom stereocenters. The highest BCUT2D eigenvalue weighted by atomic mass is 35.5. The lowest BCUT2D eigenvalue weighted by Gasteiger charge is -2.12. The summed E-state index contributed by atoms with van der Waals surface area (Å²) >= 11 is 6.50. The molecule has 0 aliphatic heterocycles. The molecular formula is C23H17ClN6O2. The average Bonchev–Trinajstić information content (AvgIpc) is 3.16. The number of aryl methyl sites for hydroxylation is 1. The van der Waals surface area contributed by atoms with Crippen LogP contribution in [-0.2, 0) is 0 Å². The van der Waals surface area contributed by atoms with Crippen LogP contribution in [0.2, 0.25) is 5.02 Å². The first-order valence-corrected chi connectivity index (χ1v) is 10.1. The zero-order chi connectivity index (χ0) is 22.1. The predicted octanol–water partition coefficient (Wildman–Crippen LogP) is 5.42. The number of benzene rings is 2. The highest BCUT2D eigenvalue weighted by molar-refractivity contribution is 6.33. The van der Waals surface area contributed by atoms with Crippen LogP contribution >= 0.6 is 11.6 Å². The third-order valence-electron chi connectivity index (χ3n) is 4.87. The zero-order valence-electron chi connectivity index (χ0n) is 16.9. The number of aromatic amines is 1. The van der Waals surface area contributed by atoms with E-state index < -0.39 is 5.76 Å². The summed E-state index contributed by atoms with van der Waals surface area (Å²) in [6.45, 7) is 1.91. The van der Waals surface area contributed by atoms with Gasteiger partial charge in [0, 0.05) is 41.1 Å². The van der Waals surface area contributed by atoms with Gasteiger partial charge in [0.2, 0.25) is 5.95 Å². The fraction of sp³-hybridized carbons (Fsp3) is 0.0435. The Kier molecular flexibility index (Phi) is 5.04. The molecule has 3 aromatic heterocycles. The van der Waals surface area contributed by atoms with Crippen LogP contribution in [0.4, 0.5) is 23.1 Å². The molecule has 0 amide bonds. The van der Waals surface area contributed by atoms with Crippen molar-refractivity contribution in [2.24, 2.45) is 0 Å². The van der Waals surface area contributed by atoms with Gasteiger partial charge in [0.1, 0.15) is 5.82 Å². The molecule has 0 aliphatic carbocycles. The minimum absolute atomic E-state index is 0.420. The lowest BCUT2D eigenvalue weighted by molar-refractivity contribution is 0.555. The molecule has 9 heteroatoms. The number of nitrogens with zero attached hydrogens (tertiary/aromatic N) is 3.